The maximum Gasteiger partial charge on any atom is 0.128 e. The van der Waals surface area contributed by atoms with Crippen LogP contribution >= 0.6 is 0 Å². The molecule has 1 aliphatic heterocycles. The Morgan fingerprint density at radius 1 is 1.06 bits per heavy atom. The Labute approximate surface area is 193 Å². The van der Waals surface area contributed by atoms with Gasteiger partial charge in [-0.2, -0.15) is 15.5 Å². The van der Waals surface area contributed by atoms with Crippen molar-refractivity contribution in [1.29, 1.82) is 5.26 Å². The molecule has 1 fully saturated rings. The molecular weight excluding hydrogens is 434 g/mol. The topological polar surface area (TPSA) is 92.1 Å². The number of nitriles is 1. The Kier molecular flexibility index (Phi) is 5.17. The van der Waals surface area contributed by atoms with Gasteiger partial charge in [-0.15, -0.1) is 0 Å². The third-order valence-electron chi connectivity index (χ3n) is 6.05. The minimum atomic E-state index is -1.95. The Bertz CT molecular complexity index is 1460. The van der Waals surface area contributed by atoms with Gasteiger partial charge in [0.05, 0.1) is 23.5 Å². The molecular formula is C24H25N7OS. The largest absolute Gasteiger partial charge is 0.355 e. The highest BCUT2D eigenvalue weighted by molar-refractivity contribution is 8.00. The Morgan fingerprint density at radius 2 is 1.85 bits per heavy atom. The minimum Gasteiger partial charge on any atom is -0.355 e. The van der Waals surface area contributed by atoms with Gasteiger partial charge in [0.2, 0.25) is 0 Å². The van der Waals surface area contributed by atoms with E-state index in [0.29, 0.717) is 30.2 Å². The van der Waals surface area contributed by atoms with Crippen molar-refractivity contribution in [2.75, 3.05) is 29.5 Å². The molecule has 4 aromatic heterocycles. The number of rotatable bonds is 4. The van der Waals surface area contributed by atoms with Crippen LogP contribution in [0.25, 0.3) is 27.8 Å². The van der Waals surface area contributed by atoms with Crippen LogP contribution in [0.5, 0.6) is 0 Å². The zero-order valence-electron chi connectivity index (χ0n) is 18.7. The molecule has 0 spiro atoms. The number of hydrogen-bond donors (Lipinski definition) is 0. The Hall–Kier alpha value is -3.64. The summed E-state index contributed by atoms with van der Waals surface area (Å²) in [6.07, 6.45) is 9.20. The molecule has 8 nitrogen and oxygen atoms in total. The average Bonchev–Trinajstić information content (AvgIpc) is 3.46. The first-order valence-electron chi connectivity index (χ1n) is 10.8. The number of hydrogen-bond acceptors (Lipinski definition) is 6. The SMILES string of the molecule is C=S1(=O)CCN(c2ccc(-c3cc(-c4cnn(C(C)C)c4)cn4ncc(C#N)c34)cn2)CC1. The quantitative estimate of drug-likeness (QED) is 0.435. The molecule has 0 amide bonds. The van der Waals surface area contributed by atoms with Crippen molar-refractivity contribution in [2.45, 2.75) is 19.9 Å². The highest BCUT2D eigenvalue weighted by Gasteiger charge is 2.19. The minimum absolute atomic E-state index is 0.264. The summed E-state index contributed by atoms with van der Waals surface area (Å²) in [5, 5.41) is 18.5. The molecule has 0 aromatic carbocycles. The van der Waals surface area contributed by atoms with E-state index < -0.39 is 9.52 Å². The van der Waals surface area contributed by atoms with Gasteiger partial charge in [0.1, 0.15) is 11.9 Å². The molecule has 1 aliphatic rings. The van der Waals surface area contributed by atoms with Gasteiger partial charge in [-0.3, -0.25) is 8.89 Å². The molecule has 9 heteroatoms. The molecule has 5 rings (SSSR count). The van der Waals surface area contributed by atoms with Crippen LogP contribution in [0.2, 0.25) is 0 Å². The van der Waals surface area contributed by atoms with Crippen molar-refractivity contribution in [2.24, 2.45) is 0 Å². The molecule has 0 saturated carbocycles. The van der Waals surface area contributed by atoms with Gasteiger partial charge in [-0.1, -0.05) is 0 Å². The zero-order chi connectivity index (χ0) is 23.2. The van der Waals surface area contributed by atoms with E-state index in [-0.39, 0.29) is 6.04 Å². The number of pyridine rings is 2. The van der Waals surface area contributed by atoms with Gasteiger partial charge < -0.3 is 4.90 Å². The second kappa shape index (κ2) is 8.05. The number of fused-ring (bicyclic) bond motifs is 1. The van der Waals surface area contributed by atoms with Crippen LogP contribution in [0, 0.1) is 11.3 Å². The fourth-order valence-corrected chi connectivity index (χ4v) is 5.39. The molecule has 0 atom stereocenters. The molecule has 168 valence electrons. The van der Waals surface area contributed by atoms with E-state index in [0.717, 1.165) is 33.6 Å². The van der Waals surface area contributed by atoms with Gasteiger partial charge >= 0.3 is 0 Å². The second-order valence-corrected chi connectivity index (χ2v) is 11.4. The van der Waals surface area contributed by atoms with Gasteiger partial charge in [0.15, 0.2) is 0 Å². The Morgan fingerprint density at radius 3 is 2.48 bits per heavy atom. The van der Waals surface area contributed by atoms with Crippen LogP contribution in [-0.4, -0.2) is 59.1 Å². The summed E-state index contributed by atoms with van der Waals surface area (Å²) in [4.78, 5) is 6.83. The summed E-state index contributed by atoms with van der Waals surface area (Å²) in [5.74, 6) is 5.87. The van der Waals surface area contributed by atoms with Crippen molar-refractivity contribution in [3.63, 3.8) is 0 Å². The highest BCUT2D eigenvalue weighted by atomic mass is 32.2. The summed E-state index contributed by atoms with van der Waals surface area (Å²) in [7, 11) is -1.95. The van der Waals surface area contributed by atoms with Crippen LogP contribution in [-0.2, 0) is 9.52 Å². The van der Waals surface area contributed by atoms with Crippen LogP contribution in [0.3, 0.4) is 0 Å². The highest BCUT2D eigenvalue weighted by Crippen LogP contribution is 2.32. The van der Waals surface area contributed by atoms with Crippen molar-refractivity contribution < 1.29 is 4.21 Å². The lowest BCUT2D eigenvalue weighted by Crippen LogP contribution is -2.40. The smallest absolute Gasteiger partial charge is 0.128 e. The lowest BCUT2D eigenvalue weighted by molar-refractivity contribution is 0.532. The first-order valence-corrected chi connectivity index (χ1v) is 12.9. The van der Waals surface area contributed by atoms with Crippen LogP contribution in [0.15, 0.2) is 49.2 Å². The summed E-state index contributed by atoms with van der Waals surface area (Å²) >= 11 is 0. The van der Waals surface area contributed by atoms with Gasteiger partial charge in [0.25, 0.3) is 0 Å². The van der Waals surface area contributed by atoms with E-state index in [1.54, 1.807) is 10.7 Å². The van der Waals surface area contributed by atoms with E-state index in [4.69, 9.17) is 0 Å². The van der Waals surface area contributed by atoms with E-state index >= 15 is 0 Å². The monoisotopic (exact) mass is 459 g/mol. The van der Waals surface area contributed by atoms with E-state index in [2.05, 4.69) is 51.9 Å². The first kappa shape index (κ1) is 21.2. The number of aromatic nitrogens is 5. The third kappa shape index (κ3) is 3.98. The van der Waals surface area contributed by atoms with E-state index in [9.17, 15) is 9.47 Å². The average molecular weight is 460 g/mol. The van der Waals surface area contributed by atoms with Gasteiger partial charge in [-0.25, -0.2) is 9.50 Å². The van der Waals surface area contributed by atoms with Crippen LogP contribution in [0.4, 0.5) is 5.82 Å². The second-order valence-electron chi connectivity index (χ2n) is 8.67. The van der Waals surface area contributed by atoms with Gasteiger partial charge in [-0.05, 0) is 47.4 Å². The van der Waals surface area contributed by atoms with Crippen molar-refractivity contribution in [1.82, 2.24) is 24.4 Å². The lowest BCUT2D eigenvalue weighted by Gasteiger charge is -2.29. The Balaban J connectivity index is 1.56. The maximum absolute atomic E-state index is 12.2. The predicted molar refractivity (Wildman–Crippen MR) is 132 cm³/mol. The molecule has 0 N–H and O–H groups in total. The molecule has 0 aliphatic carbocycles. The van der Waals surface area contributed by atoms with Crippen LogP contribution in [0.1, 0.15) is 25.5 Å². The summed E-state index contributed by atoms with van der Waals surface area (Å²) in [5.41, 5.74) is 4.99. The van der Waals surface area contributed by atoms with Crippen molar-refractivity contribution in [3.8, 4) is 28.3 Å². The van der Waals surface area contributed by atoms with Crippen molar-refractivity contribution in [3.05, 3.63) is 54.7 Å². The summed E-state index contributed by atoms with van der Waals surface area (Å²) in [6.45, 7) is 5.55. The summed E-state index contributed by atoms with van der Waals surface area (Å²) < 4.78 is 15.8. The molecule has 1 saturated heterocycles. The van der Waals surface area contributed by atoms with E-state index in [1.807, 2.05) is 41.6 Å². The molecule has 0 bridgehead atoms. The summed E-state index contributed by atoms with van der Waals surface area (Å²) in [6, 6.07) is 8.57. The number of nitrogens with zero attached hydrogens (tertiary/aromatic N) is 7. The predicted octanol–water partition coefficient (Wildman–Crippen LogP) is 3.25. The van der Waals surface area contributed by atoms with Crippen LogP contribution < -0.4 is 4.90 Å². The molecule has 4 aromatic rings. The standard InChI is InChI=1S/C24H25N7OS/c1-17(2)30-16-21(14-27-30)19-10-22(24-20(11-25)13-28-31(24)15-19)18-4-5-23(26-12-18)29-6-8-33(3,32)9-7-29/h4-5,10,12-17H,3,6-9H2,1-2H3. The normalized spacial score (nSPS) is 15.8. The lowest BCUT2D eigenvalue weighted by atomic mass is 10.0. The molecule has 0 radical (unpaired) electrons. The zero-order valence-corrected chi connectivity index (χ0v) is 19.5. The van der Waals surface area contributed by atoms with E-state index in [1.165, 1.54) is 0 Å². The fourth-order valence-electron chi connectivity index (χ4n) is 4.08. The molecule has 0 unspecified atom stereocenters. The molecule has 5 heterocycles. The van der Waals surface area contributed by atoms with Crippen molar-refractivity contribution >= 4 is 26.7 Å². The van der Waals surface area contributed by atoms with Gasteiger partial charge in [0, 0.05) is 71.5 Å². The third-order valence-corrected chi connectivity index (χ3v) is 7.90. The fraction of sp³-hybridized carbons (Fsp3) is 0.292. The number of anilines is 1. The first-order chi connectivity index (χ1) is 15.8. The molecule has 33 heavy (non-hydrogen) atoms. The maximum atomic E-state index is 12.2.